The van der Waals surface area contributed by atoms with Gasteiger partial charge in [-0.25, -0.2) is 4.98 Å². The zero-order chi connectivity index (χ0) is 15.6. The van der Waals surface area contributed by atoms with E-state index in [0.29, 0.717) is 0 Å². The van der Waals surface area contributed by atoms with Gasteiger partial charge in [-0.3, -0.25) is 10.1 Å². The maximum Gasteiger partial charge on any atom is 0.242 e. The Morgan fingerprint density at radius 2 is 2.04 bits per heavy atom. The van der Waals surface area contributed by atoms with Crippen LogP contribution < -0.4 is 10.6 Å². The smallest absolute Gasteiger partial charge is 0.242 e. The average molecular weight is 401 g/mol. The second-order valence-electron chi connectivity index (χ2n) is 6.02. The molecule has 4 rings (SSSR count). The summed E-state index contributed by atoms with van der Waals surface area (Å²) in [7, 11) is 0. The van der Waals surface area contributed by atoms with E-state index in [1.54, 1.807) is 11.8 Å². The van der Waals surface area contributed by atoms with Gasteiger partial charge in [0.05, 0.1) is 6.04 Å². The lowest BCUT2D eigenvalue weighted by molar-refractivity contribution is -0.117. The molecule has 1 fully saturated rings. The predicted molar refractivity (Wildman–Crippen MR) is 108 cm³/mol. The van der Waals surface area contributed by atoms with Gasteiger partial charge in [-0.15, -0.1) is 36.6 Å². The number of benzene rings is 1. The summed E-state index contributed by atoms with van der Waals surface area (Å²) in [4.78, 5) is 16.7. The van der Waals surface area contributed by atoms with Crippen molar-refractivity contribution < 1.29 is 4.79 Å². The van der Waals surface area contributed by atoms with Crippen LogP contribution in [0.3, 0.4) is 0 Å². The molecule has 3 heterocycles. The first kappa shape index (κ1) is 20.1. The third kappa shape index (κ3) is 4.31. The normalized spacial score (nSPS) is 18.6. The fourth-order valence-electron chi connectivity index (χ4n) is 3.16. The molecule has 1 amide bonds. The second kappa shape index (κ2) is 8.94. The number of carbonyl (C=O) groups is 1. The number of rotatable bonds is 3. The summed E-state index contributed by atoms with van der Waals surface area (Å²) in [5, 5.41) is 6.16. The topological polar surface area (TPSA) is 59.0 Å². The molecular formula is C17H22Cl2N4OS. The Balaban J connectivity index is 0.00000113. The van der Waals surface area contributed by atoms with E-state index in [-0.39, 0.29) is 36.8 Å². The minimum atomic E-state index is -0.0843. The first-order chi connectivity index (χ1) is 11.3. The number of nitrogens with zero attached hydrogens (tertiary/aromatic N) is 2. The lowest BCUT2D eigenvalue weighted by Gasteiger charge is -2.16. The van der Waals surface area contributed by atoms with Crippen molar-refractivity contribution in [1.29, 1.82) is 0 Å². The van der Waals surface area contributed by atoms with Crippen molar-refractivity contribution in [3.05, 3.63) is 36.2 Å². The monoisotopic (exact) mass is 400 g/mol. The van der Waals surface area contributed by atoms with Crippen LogP contribution in [-0.4, -0.2) is 33.1 Å². The van der Waals surface area contributed by atoms with Crippen molar-refractivity contribution in [2.75, 3.05) is 16.9 Å². The Kier molecular flexibility index (Phi) is 7.19. The third-order valence-electron chi connectivity index (χ3n) is 4.45. The fourth-order valence-corrected chi connectivity index (χ4v) is 4.10. The first-order valence-corrected chi connectivity index (χ1v) is 9.23. The number of hydrogen-bond acceptors (Lipinski definition) is 4. The molecule has 0 spiro atoms. The number of imidazole rings is 1. The molecule has 25 heavy (non-hydrogen) atoms. The van der Waals surface area contributed by atoms with Crippen LogP contribution in [-0.2, 0) is 17.8 Å². The molecule has 2 aromatic rings. The minimum absolute atomic E-state index is 0. The highest BCUT2D eigenvalue weighted by atomic mass is 35.5. The molecule has 0 saturated carbocycles. The van der Waals surface area contributed by atoms with Crippen LogP contribution >= 0.6 is 36.6 Å². The summed E-state index contributed by atoms with van der Waals surface area (Å²) >= 11 is 1.75. The van der Waals surface area contributed by atoms with Gasteiger partial charge in [-0.05, 0) is 43.5 Å². The average Bonchev–Trinajstić information content (AvgIpc) is 3.25. The van der Waals surface area contributed by atoms with Crippen LogP contribution in [0.25, 0.3) is 11.4 Å². The van der Waals surface area contributed by atoms with Crippen molar-refractivity contribution >= 4 is 48.2 Å². The van der Waals surface area contributed by atoms with Gasteiger partial charge in [0.1, 0.15) is 5.82 Å². The van der Waals surface area contributed by atoms with Crippen LogP contribution in [0.4, 0.5) is 5.69 Å². The highest BCUT2D eigenvalue weighted by molar-refractivity contribution is 7.99. The minimum Gasteiger partial charge on any atom is -0.328 e. The molecule has 2 aliphatic rings. The highest BCUT2D eigenvalue weighted by Crippen LogP contribution is 2.25. The van der Waals surface area contributed by atoms with Gasteiger partial charge in [0.15, 0.2) is 0 Å². The lowest BCUT2D eigenvalue weighted by Crippen LogP contribution is -2.37. The Morgan fingerprint density at radius 3 is 2.76 bits per heavy atom. The molecule has 1 atom stereocenters. The van der Waals surface area contributed by atoms with E-state index in [1.807, 2.05) is 30.5 Å². The number of anilines is 1. The van der Waals surface area contributed by atoms with Crippen LogP contribution in [0.1, 0.15) is 18.5 Å². The van der Waals surface area contributed by atoms with Gasteiger partial charge < -0.3 is 9.88 Å². The van der Waals surface area contributed by atoms with Gasteiger partial charge in [0.25, 0.3) is 0 Å². The summed E-state index contributed by atoms with van der Waals surface area (Å²) in [6.45, 7) is 1.05. The van der Waals surface area contributed by atoms with E-state index >= 15 is 0 Å². The van der Waals surface area contributed by atoms with Gasteiger partial charge in [-0.2, -0.15) is 0 Å². The number of halogens is 2. The lowest BCUT2D eigenvalue weighted by atomic mass is 10.1. The maximum absolute atomic E-state index is 12.1. The van der Waals surface area contributed by atoms with E-state index < -0.39 is 0 Å². The van der Waals surface area contributed by atoms with Gasteiger partial charge in [0.2, 0.25) is 5.91 Å². The number of carbonyl (C=O) groups excluding carboxylic acids is 1. The third-order valence-corrected chi connectivity index (χ3v) is 5.39. The number of fused-ring (bicyclic) bond motifs is 1. The maximum atomic E-state index is 12.1. The quantitative estimate of drug-likeness (QED) is 0.829. The molecule has 0 radical (unpaired) electrons. The van der Waals surface area contributed by atoms with Crippen LogP contribution in [0.5, 0.6) is 0 Å². The second-order valence-corrected chi connectivity index (χ2v) is 7.05. The zero-order valence-corrected chi connectivity index (χ0v) is 16.2. The van der Waals surface area contributed by atoms with Crippen LogP contribution in [0, 0.1) is 0 Å². The number of thioether (sulfide) groups is 1. The van der Waals surface area contributed by atoms with Gasteiger partial charge >= 0.3 is 0 Å². The van der Waals surface area contributed by atoms with E-state index in [9.17, 15) is 4.79 Å². The molecule has 1 unspecified atom stereocenters. The Bertz CT molecular complexity index is 714. The SMILES string of the molecule is Cl.Cl.O=C(Nc1ccc(-c2ncc3n2CCCC3)cc1)C1CSCN1. The summed E-state index contributed by atoms with van der Waals surface area (Å²) in [6.07, 6.45) is 5.58. The Hall–Kier alpha value is -1.21. The van der Waals surface area contributed by atoms with Gasteiger partial charge in [-0.1, -0.05) is 0 Å². The van der Waals surface area contributed by atoms with E-state index in [2.05, 4.69) is 20.2 Å². The number of amides is 1. The molecule has 8 heteroatoms. The summed E-state index contributed by atoms with van der Waals surface area (Å²) in [6, 6.07) is 7.91. The standard InChI is InChI=1S/C17H20N4OS.2ClH/c22-17(15-10-23-11-19-15)20-13-6-4-12(5-7-13)16-18-9-14-3-1-2-8-21(14)16;;/h4-7,9,15,19H,1-3,8,10-11H2,(H,20,22);2*1H. The molecule has 1 aromatic heterocycles. The summed E-state index contributed by atoms with van der Waals surface area (Å²) in [5.74, 6) is 2.76. The Morgan fingerprint density at radius 1 is 1.24 bits per heavy atom. The van der Waals surface area contributed by atoms with E-state index in [0.717, 1.165) is 41.7 Å². The molecule has 1 saturated heterocycles. The number of aromatic nitrogens is 2. The molecule has 136 valence electrons. The van der Waals surface area contributed by atoms with Crippen molar-refractivity contribution in [3.63, 3.8) is 0 Å². The fraction of sp³-hybridized carbons (Fsp3) is 0.412. The molecule has 2 aliphatic heterocycles. The molecule has 0 bridgehead atoms. The van der Waals surface area contributed by atoms with E-state index in [1.165, 1.54) is 18.5 Å². The highest BCUT2D eigenvalue weighted by Gasteiger charge is 2.22. The number of aryl methyl sites for hydroxylation is 1. The van der Waals surface area contributed by atoms with E-state index in [4.69, 9.17) is 0 Å². The zero-order valence-electron chi connectivity index (χ0n) is 13.7. The predicted octanol–water partition coefficient (Wildman–Crippen LogP) is 3.33. The molecule has 1 aromatic carbocycles. The molecule has 5 nitrogen and oxygen atoms in total. The van der Waals surface area contributed by atoms with Crippen molar-refractivity contribution in [3.8, 4) is 11.4 Å². The van der Waals surface area contributed by atoms with Crippen LogP contribution in [0.2, 0.25) is 0 Å². The Labute approximate surface area is 164 Å². The number of nitrogens with one attached hydrogen (secondary N) is 2. The van der Waals surface area contributed by atoms with Crippen molar-refractivity contribution in [2.45, 2.75) is 31.8 Å². The number of hydrogen-bond donors (Lipinski definition) is 2. The summed E-state index contributed by atoms with van der Waals surface area (Å²) < 4.78 is 2.32. The van der Waals surface area contributed by atoms with Crippen LogP contribution in [0.15, 0.2) is 30.5 Å². The van der Waals surface area contributed by atoms with Crippen molar-refractivity contribution in [1.82, 2.24) is 14.9 Å². The van der Waals surface area contributed by atoms with Gasteiger partial charge in [0, 0.05) is 41.3 Å². The first-order valence-electron chi connectivity index (χ1n) is 8.08. The molecular weight excluding hydrogens is 379 g/mol. The molecule has 2 N–H and O–H groups in total. The summed E-state index contributed by atoms with van der Waals surface area (Å²) in [5.41, 5.74) is 3.27. The van der Waals surface area contributed by atoms with Crippen molar-refractivity contribution in [2.24, 2.45) is 0 Å². The molecule has 0 aliphatic carbocycles. The largest absolute Gasteiger partial charge is 0.328 e.